The van der Waals surface area contributed by atoms with Crippen LogP contribution in [0.1, 0.15) is 27.9 Å². The maximum absolute atomic E-state index is 12.2. The van der Waals surface area contributed by atoms with Gasteiger partial charge < -0.3 is 14.8 Å². The molecule has 0 saturated heterocycles. The zero-order chi connectivity index (χ0) is 15.9. The largest absolute Gasteiger partial charge is 0.495 e. The number of hydrogen-bond acceptors (Lipinski definition) is 5. The van der Waals surface area contributed by atoms with Crippen LogP contribution in [-0.2, 0) is 4.74 Å². The number of pyridine rings is 1. The molecule has 6 heteroatoms. The van der Waals surface area contributed by atoms with E-state index >= 15 is 0 Å². The summed E-state index contributed by atoms with van der Waals surface area (Å²) < 4.78 is 10.0. The summed E-state index contributed by atoms with van der Waals surface area (Å²) in [6.45, 7) is 1.95. The highest BCUT2D eigenvalue weighted by atomic mass is 16.5. The number of ether oxygens (including phenoxy) is 2. The van der Waals surface area contributed by atoms with Gasteiger partial charge in [0.25, 0.3) is 5.91 Å². The monoisotopic (exact) mass is 300 g/mol. The number of amides is 1. The summed E-state index contributed by atoms with van der Waals surface area (Å²) in [4.78, 5) is 27.9. The number of para-hydroxylation sites is 2. The van der Waals surface area contributed by atoms with Crippen LogP contribution in [0.4, 0.5) is 5.69 Å². The number of anilines is 1. The first-order valence-electron chi connectivity index (χ1n) is 6.74. The molecule has 2 rings (SSSR count). The van der Waals surface area contributed by atoms with Crippen LogP contribution >= 0.6 is 0 Å². The van der Waals surface area contributed by atoms with E-state index in [0.29, 0.717) is 11.4 Å². The first-order valence-corrected chi connectivity index (χ1v) is 6.74. The van der Waals surface area contributed by atoms with Gasteiger partial charge in [-0.3, -0.25) is 4.79 Å². The Bertz CT molecular complexity index is 685. The molecule has 1 aromatic heterocycles. The Kier molecular flexibility index (Phi) is 5.08. The molecule has 0 spiro atoms. The molecule has 1 N–H and O–H groups in total. The van der Waals surface area contributed by atoms with Gasteiger partial charge in [-0.15, -0.1) is 0 Å². The standard InChI is InChI=1S/C16H16N2O4/c1-3-22-16(20)13-9-6-8-12(17-13)15(19)18-11-7-4-5-10-14(11)21-2/h4-10H,3H2,1-2H3,(H,18,19). The number of hydrogen-bond donors (Lipinski definition) is 1. The van der Waals surface area contributed by atoms with Crippen molar-refractivity contribution in [2.24, 2.45) is 0 Å². The Labute approximate surface area is 128 Å². The molecular formula is C16H16N2O4. The molecule has 22 heavy (non-hydrogen) atoms. The van der Waals surface area contributed by atoms with E-state index in [4.69, 9.17) is 9.47 Å². The fourth-order valence-corrected chi connectivity index (χ4v) is 1.81. The van der Waals surface area contributed by atoms with Crippen molar-refractivity contribution in [1.82, 2.24) is 4.98 Å². The number of benzene rings is 1. The minimum absolute atomic E-state index is 0.0922. The number of methoxy groups -OCH3 is 1. The van der Waals surface area contributed by atoms with Gasteiger partial charge in [0, 0.05) is 0 Å². The molecule has 114 valence electrons. The average molecular weight is 300 g/mol. The lowest BCUT2D eigenvalue weighted by molar-refractivity contribution is 0.0519. The van der Waals surface area contributed by atoms with Gasteiger partial charge in [0.1, 0.15) is 17.1 Å². The smallest absolute Gasteiger partial charge is 0.356 e. The number of nitrogens with zero attached hydrogens (tertiary/aromatic N) is 1. The highest BCUT2D eigenvalue weighted by molar-refractivity contribution is 6.04. The molecule has 0 aliphatic carbocycles. The maximum atomic E-state index is 12.2. The van der Waals surface area contributed by atoms with E-state index in [1.54, 1.807) is 37.3 Å². The van der Waals surface area contributed by atoms with E-state index in [0.717, 1.165) is 0 Å². The second kappa shape index (κ2) is 7.21. The molecule has 0 aliphatic rings. The van der Waals surface area contributed by atoms with Crippen molar-refractivity contribution in [3.05, 3.63) is 53.9 Å². The van der Waals surface area contributed by atoms with Crippen LogP contribution in [0.5, 0.6) is 5.75 Å². The van der Waals surface area contributed by atoms with E-state index in [2.05, 4.69) is 10.3 Å². The summed E-state index contributed by atoms with van der Waals surface area (Å²) >= 11 is 0. The van der Waals surface area contributed by atoms with Gasteiger partial charge in [-0.2, -0.15) is 0 Å². The van der Waals surface area contributed by atoms with E-state index in [1.807, 2.05) is 0 Å². The van der Waals surface area contributed by atoms with Gasteiger partial charge >= 0.3 is 5.97 Å². The van der Waals surface area contributed by atoms with Gasteiger partial charge in [-0.1, -0.05) is 18.2 Å². The second-order valence-electron chi connectivity index (χ2n) is 4.28. The number of carbonyl (C=O) groups excluding carboxylic acids is 2. The minimum Gasteiger partial charge on any atom is -0.495 e. The molecule has 0 aliphatic heterocycles. The normalized spacial score (nSPS) is 9.91. The minimum atomic E-state index is -0.561. The number of rotatable bonds is 5. The fraction of sp³-hybridized carbons (Fsp3) is 0.188. The van der Waals surface area contributed by atoms with Crippen LogP contribution in [0.25, 0.3) is 0 Å². The third-order valence-electron chi connectivity index (χ3n) is 2.82. The van der Waals surface area contributed by atoms with Crippen LogP contribution in [-0.4, -0.2) is 30.6 Å². The first kappa shape index (κ1) is 15.5. The van der Waals surface area contributed by atoms with Gasteiger partial charge in [0.15, 0.2) is 0 Å². The fourth-order valence-electron chi connectivity index (χ4n) is 1.81. The van der Waals surface area contributed by atoms with Gasteiger partial charge in [0.2, 0.25) is 0 Å². The van der Waals surface area contributed by atoms with E-state index in [-0.39, 0.29) is 18.0 Å². The number of esters is 1. The Morgan fingerprint density at radius 3 is 2.55 bits per heavy atom. The topological polar surface area (TPSA) is 77.5 Å². The van der Waals surface area contributed by atoms with Gasteiger partial charge in [0.05, 0.1) is 19.4 Å². The Morgan fingerprint density at radius 1 is 1.09 bits per heavy atom. The molecule has 6 nitrogen and oxygen atoms in total. The molecule has 0 radical (unpaired) electrons. The van der Waals surface area contributed by atoms with Crippen molar-refractivity contribution in [3.8, 4) is 5.75 Å². The molecule has 2 aromatic rings. The lowest BCUT2D eigenvalue weighted by Crippen LogP contribution is -2.16. The van der Waals surface area contributed by atoms with Crippen LogP contribution in [0.15, 0.2) is 42.5 Å². The van der Waals surface area contributed by atoms with Crippen LogP contribution < -0.4 is 10.1 Å². The molecule has 0 fully saturated rings. The Morgan fingerprint density at radius 2 is 1.82 bits per heavy atom. The van der Waals surface area contributed by atoms with Crippen LogP contribution in [0, 0.1) is 0 Å². The van der Waals surface area contributed by atoms with Crippen molar-refractivity contribution < 1.29 is 19.1 Å². The van der Waals surface area contributed by atoms with Crippen LogP contribution in [0.3, 0.4) is 0 Å². The summed E-state index contributed by atoms with van der Waals surface area (Å²) in [7, 11) is 1.52. The predicted octanol–water partition coefficient (Wildman–Crippen LogP) is 2.52. The van der Waals surface area contributed by atoms with Crippen molar-refractivity contribution in [1.29, 1.82) is 0 Å². The summed E-state index contributed by atoms with van der Waals surface area (Å²) in [6.07, 6.45) is 0. The third kappa shape index (κ3) is 3.60. The van der Waals surface area contributed by atoms with E-state index in [9.17, 15) is 9.59 Å². The quantitative estimate of drug-likeness (QED) is 0.858. The molecule has 1 amide bonds. The van der Waals surface area contributed by atoms with Crippen molar-refractivity contribution in [3.63, 3.8) is 0 Å². The Hall–Kier alpha value is -2.89. The maximum Gasteiger partial charge on any atom is 0.356 e. The van der Waals surface area contributed by atoms with E-state index in [1.165, 1.54) is 19.2 Å². The molecule has 0 bridgehead atoms. The highest BCUT2D eigenvalue weighted by Gasteiger charge is 2.14. The summed E-state index contributed by atoms with van der Waals surface area (Å²) in [5, 5.41) is 2.70. The number of nitrogens with one attached hydrogen (secondary N) is 1. The SMILES string of the molecule is CCOC(=O)c1cccc(C(=O)Nc2ccccc2OC)n1. The third-order valence-corrected chi connectivity index (χ3v) is 2.82. The molecule has 1 heterocycles. The molecule has 0 unspecified atom stereocenters. The average Bonchev–Trinajstić information content (AvgIpc) is 2.55. The molecule has 0 saturated carbocycles. The molecule has 1 aromatic carbocycles. The van der Waals surface area contributed by atoms with Crippen molar-refractivity contribution >= 4 is 17.6 Å². The second-order valence-corrected chi connectivity index (χ2v) is 4.28. The lowest BCUT2D eigenvalue weighted by Gasteiger charge is -2.09. The van der Waals surface area contributed by atoms with Crippen molar-refractivity contribution in [2.75, 3.05) is 19.0 Å². The summed E-state index contributed by atoms with van der Waals surface area (Å²) in [5.41, 5.74) is 0.740. The summed E-state index contributed by atoms with van der Waals surface area (Å²) in [5.74, 6) is -0.456. The number of aromatic nitrogens is 1. The first-order chi connectivity index (χ1) is 10.7. The Balaban J connectivity index is 2.19. The predicted molar refractivity (Wildman–Crippen MR) is 81.1 cm³/mol. The zero-order valence-corrected chi connectivity index (χ0v) is 12.3. The molecule has 0 atom stereocenters. The van der Waals surface area contributed by atoms with Crippen molar-refractivity contribution in [2.45, 2.75) is 6.92 Å². The van der Waals surface area contributed by atoms with Gasteiger partial charge in [-0.25, -0.2) is 9.78 Å². The van der Waals surface area contributed by atoms with Crippen LogP contribution in [0.2, 0.25) is 0 Å². The lowest BCUT2D eigenvalue weighted by atomic mass is 10.2. The summed E-state index contributed by atoms with van der Waals surface area (Å²) in [6, 6.07) is 11.6. The highest BCUT2D eigenvalue weighted by Crippen LogP contribution is 2.23. The molecular weight excluding hydrogens is 284 g/mol. The van der Waals surface area contributed by atoms with Gasteiger partial charge in [-0.05, 0) is 31.2 Å². The van der Waals surface area contributed by atoms with E-state index < -0.39 is 11.9 Å². The number of carbonyl (C=O) groups is 2. The zero-order valence-electron chi connectivity index (χ0n) is 12.3.